The van der Waals surface area contributed by atoms with E-state index in [9.17, 15) is 0 Å². The predicted octanol–water partition coefficient (Wildman–Crippen LogP) is 4.73. The molecule has 4 rings (SSSR count). The van der Waals surface area contributed by atoms with Gasteiger partial charge in [0.2, 0.25) is 0 Å². The van der Waals surface area contributed by atoms with E-state index in [1.54, 1.807) is 0 Å². The highest BCUT2D eigenvalue weighted by atomic mass is 35.5. The highest BCUT2D eigenvalue weighted by Crippen LogP contribution is 2.22. The Morgan fingerprint density at radius 2 is 1.90 bits per heavy atom. The molecule has 0 saturated carbocycles. The third kappa shape index (κ3) is 5.34. The van der Waals surface area contributed by atoms with Gasteiger partial charge in [-0.25, -0.2) is 4.98 Å². The molecular formula is C24H30ClN3O2. The number of para-hydroxylation sites is 2. The van der Waals surface area contributed by atoms with Crippen molar-refractivity contribution in [3.63, 3.8) is 0 Å². The lowest BCUT2D eigenvalue weighted by Crippen LogP contribution is -2.37. The Bertz CT molecular complexity index is 966. The van der Waals surface area contributed by atoms with Crippen molar-refractivity contribution >= 4 is 22.6 Å². The van der Waals surface area contributed by atoms with E-state index < -0.39 is 0 Å². The molecule has 0 amide bonds. The van der Waals surface area contributed by atoms with Crippen molar-refractivity contribution in [2.24, 2.45) is 0 Å². The Kier molecular flexibility index (Phi) is 7.26. The van der Waals surface area contributed by atoms with Crippen molar-refractivity contribution in [1.82, 2.24) is 14.5 Å². The van der Waals surface area contributed by atoms with Gasteiger partial charge in [0.1, 0.15) is 11.6 Å². The average molecular weight is 428 g/mol. The number of benzene rings is 2. The van der Waals surface area contributed by atoms with Gasteiger partial charge in [-0.2, -0.15) is 0 Å². The summed E-state index contributed by atoms with van der Waals surface area (Å²) in [6.45, 7) is 8.45. The zero-order valence-electron chi connectivity index (χ0n) is 17.6. The van der Waals surface area contributed by atoms with Crippen LogP contribution in [-0.4, -0.2) is 53.9 Å². The van der Waals surface area contributed by atoms with Crippen molar-refractivity contribution in [1.29, 1.82) is 0 Å². The van der Waals surface area contributed by atoms with Crippen LogP contribution in [0.15, 0.2) is 42.5 Å². The van der Waals surface area contributed by atoms with E-state index in [1.807, 2.05) is 25.1 Å². The smallest absolute Gasteiger partial charge is 0.119 e. The quantitative estimate of drug-likeness (QED) is 0.463. The number of hydrogen-bond acceptors (Lipinski definition) is 4. The first-order chi connectivity index (χ1) is 14.7. The van der Waals surface area contributed by atoms with E-state index in [2.05, 4.69) is 33.7 Å². The second kappa shape index (κ2) is 10.3. The van der Waals surface area contributed by atoms with E-state index in [-0.39, 0.29) is 0 Å². The Morgan fingerprint density at radius 1 is 1.07 bits per heavy atom. The van der Waals surface area contributed by atoms with Gasteiger partial charge >= 0.3 is 0 Å². The fourth-order valence-corrected chi connectivity index (χ4v) is 4.09. The number of hydrogen-bond donors (Lipinski definition) is 0. The van der Waals surface area contributed by atoms with Crippen LogP contribution in [0, 0.1) is 6.92 Å². The first-order valence-corrected chi connectivity index (χ1v) is 11.2. The molecule has 0 radical (unpaired) electrons. The zero-order chi connectivity index (χ0) is 20.8. The Balaban J connectivity index is 1.35. The zero-order valence-corrected chi connectivity index (χ0v) is 18.4. The SMILES string of the molecule is Cc1cc(OCCCn2c(CCCN3CCOCC3)nc3ccccc32)ccc1Cl. The normalized spacial score (nSPS) is 15.0. The average Bonchev–Trinajstić information content (AvgIpc) is 3.12. The predicted molar refractivity (Wildman–Crippen MR) is 122 cm³/mol. The second-order valence-corrected chi connectivity index (χ2v) is 8.25. The molecule has 0 N–H and O–H groups in total. The summed E-state index contributed by atoms with van der Waals surface area (Å²) < 4.78 is 13.8. The van der Waals surface area contributed by atoms with Crippen molar-refractivity contribution < 1.29 is 9.47 Å². The molecule has 0 unspecified atom stereocenters. The van der Waals surface area contributed by atoms with Gasteiger partial charge < -0.3 is 14.0 Å². The molecular weight excluding hydrogens is 398 g/mol. The number of fused-ring (bicyclic) bond motifs is 1. The summed E-state index contributed by atoms with van der Waals surface area (Å²) in [6.07, 6.45) is 3.03. The summed E-state index contributed by atoms with van der Waals surface area (Å²) in [7, 11) is 0. The first kappa shape index (κ1) is 21.2. The lowest BCUT2D eigenvalue weighted by molar-refractivity contribution is 0.0374. The minimum absolute atomic E-state index is 0.667. The van der Waals surface area contributed by atoms with E-state index in [1.165, 1.54) is 11.3 Å². The van der Waals surface area contributed by atoms with E-state index in [4.69, 9.17) is 26.1 Å². The molecule has 2 heterocycles. The van der Waals surface area contributed by atoms with Gasteiger partial charge in [-0.15, -0.1) is 0 Å². The monoisotopic (exact) mass is 427 g/mol. The van der Waals surface area contributed by atoms with Gasteiger partial charge in [0, 0.05) is 31.1 Å². The molecule has 1 saturated heterocycles. The van der Waals surface area contributed by atoms with Crippen LogP contribution in [-0.2, 0) is 17.7 Å². The van der Waals surface area contributed by atoms with Crippen LogP contribution >= 0.6 is 11.6 Å². The van der Waals surface area contributed by atoms with Gasteiger partial charge in [-0.05, 0) is 62.2 Å². The number of halogens is 1. The summed E-state index contributed by atoms with van der Waals surface area (Å²) in [6, 6.07) is 14.2. The number of aryl methyl sites for hydroxylation is 3. The highest BCUT2D eigenvalue weighted by Gasteiger charge is 2.13. The maximum absolute atomic E-state index is 6.10. The van der Waals surface area contributed by atoms with E-state index in [0.29, 0.717) is 6.61 Å². The van der Waals surface area contributed by atoms with Gasteiger partial charge in [0.15, 0.2) is 0 Å². The Morgan fingerprint density at radius 3 is 2.73 bits per heavy atom. The summed E-state index contributed by atoms with van der Waals surface area (Å²) in [5.74, 6) is 2.05. The lowest BCUT2D eigenvalue weighted by Gasteiger charge is -2.26. The lowest BCUT2D eigenvalue weighted by atomic mass is 10.2. The number of imidazole rings is 1. The van der Waals surface area contributed by atoms with Crippen LogP contribution in [0.3, 0.4) is 0 Å². The maximum Gasteiger partial charge on any atom is 0.119 e. The van der Waals surface area contributed by atoms with Crippen molar-refractivity contribution in [3.8, 4) is 5.75 Å². The molecule has 1 fully saturated rings. The van der Waals surface area contributed by atoms with E-state index in [0.717, 1.165) is 80.5 Å². The second-order valence-electron chi connectivity index (χ2n) is 7.84. The number of ether oxygens (including phenoxy) is 2. The third-order valence-electron chi connectivity index (χ3n) is 5.64. The molecule has 0 atom stereocenters. The molecule has 1 aliphatic heterocycles. The summed E-state index contributed by atoms with van der Waals surface area (Å²) in [5, 5.41) is 0.772. The van der Waals surface area contributed by atoms with Gasteiger partial charge in [-0.1, -0.05) is 23.7 Å². The molecule has 30 heavy (non-hydrogen) atoms. The number of rotatable bonds is 9. The molecule has 0 aliphatic carbocycles. The fraction of sp³-hybridized carbons (Fsp3) is 0.458. The summed E-state index contributed by atoms with van der Waals surface area (Å²) >= 11 is 6.10. The van der Waals surface area contributed by atoms with Crippen molar-refractivity contribution in [2.75, 3.05) is 39.5 Å². The fourth-order valence-electron chi connectivity index (χ4n) is 3.97. The van der Waals surface area contributed by atoms with Gasteiger partial charge in [0.05, 0.1) is 30.9 Å². The van der Waals surface area contributed by atoms with Crippen LogP contribution in [0.2, 0.25) is 5.02 Å². The highest BCUT2D eigenvalue weighted by molar-refractivity contribution is 6.31. The molecule has 5 nitrogen and oxygen atoms in total. The van der Waals surface area contributed by atoms with Gasteiger partial charge in [-0.3, -0.25) is 4.90 Å². The Hall–Kier alpha value is -2.08. The number of aromatic nitrogens is 2. The summed E-state index contributed by atoms with van der Waals surface area (Å²) in [4.78, 5) is 7.40. The maximum atomic E-state index is 6.10. The van der Waals surface area contributed by atoms with E-state index >= 15 is 0 Å². The van der Waals surface area contributed by atoms with Crippen molar-refractivity contribution in [2.45, 2.75) is 32.7 Å². The molecule has 2 aromatic carbocycles. The van der Waals surface area contributed by atoms with Crippen LogP contribution < -0.4 is 4.74 Å². The van der Waals surface area contributed by atoms with Gasteiger partial charge in [0.25, 0.3) is 0 Å². The van der Waals surface area contributed by atoms with Crippen LogP contribution in [0.5, 0.6) is 5.75 Å². The molecule has 160 valence electrons. The number of morpholine rings is 1. The molecule has 1 aliphatic rings. The third-order valence-corrected chi connectivity index (χ3v) is 6.06. The topological polar surface area (TPSA) is 39.5 Å². The number of nitrogens with zero attached hydrogens (tertiary/aromatic N) is 3. The largest absolute Gasteiger partial charge is 0.494 e. The molecule has 6 heteroatoms. The first-order valence-electron chi connectivity index (χ1n) is 10.8. The Labute approximate surface area is 183 Å². The molecule has 0 spiro atoms. The van der Waals surface area contributed by atoms with Crippen LogP contribution in [0.4, 0.5) is 0 Å². The minimum atomic E-state index is 0.667. The van der Waals surface area contributed by atoms with Crippen LogP contribution in [0.25, 0.3) is 11.0 Å². The molecule has 3 aromatic rings. The summed E-state index contributed by atoms with van der Waals surface area (Å²) in [5.41, 5.74) is 3.33. The molecule has 0 bridgehead atoms. The van der Waals surface area contributed by atoms with Crippen molar-refractivity contribution in [3.05, 3.63) is 58.9 Å². The minimum Gasteiger partial charge on any atom is -0.494 e. The van der Waals surface area contributed by atoms with Crippen LogP contribution in [0.1, 0.15) is 24.2 Å². The molecule has 1 aromatic heterocycles. The standard InChI is InChI=1S/C24H30ClN3O2/c1-19-18-20(9-10-21(19)25)30-15-5-12-28-23-7-3-2-6-22(23)26-24(28)8-4-11-27-13-16-29-17-14-27/h2-3,6-7,9-10,18H,4-5,8,11-17H2,1H3.